The van der Waals surface area contributed by atoms with E-state index in [1.165, 1.54) is 0 Å². The Morgan fingerprint density at radius 3 is 2.56 bits per heavy atom. The van der Waals surface area contributed by atoms with Gasteiger partial charge in [0, 0.05) is 6.42 Å². The lowest BCUT2D eigenvalue weighted by Crippen LogP contribution is -1.99. The maximum Gasteiger partial charge on any atom is 0.303 e. The maximum atomic E-state index is 10.5. The average molecular weight is 287 g/mol. The molecule has 0 saturated carbocycles. The van der Waals surface area contributed by atoms with Crippen molar-refractivity contribution in [3.8, 4) is 5.75 Å². The normalized spacial score (nSPS) is 10.8. The largest absolute Gasteiger partial charge is 0.506 e. The lowest BCUT2D eigenvalue weighted by molar-refractivity contribution is -0.136. The number of aliphatic carboxylic acids is 1. The monoisotopic (exact) mass is 286 g/mol. The highest BCUT2D eigenvalue weighted by molar-refractivity contribution is 9.10. The smallest absolute Gasteiger partial charge is 0.303 e. The fourth-order valence-corrected chi connectivity index (χ4v) is 1.96. The minimum absolute atomic E-state index is 0.0293. The molecule has 1 aromatic rings. The van der Waals surface area contributed by atoms with Crippen LogP contribution in [0.25, 0.3) is 0 Å². The molecule has 0 amide bonds. The van der Waals surface area contributed by atoms with Crippen LogP contribution in [0.1, 0.15) is 37.3 Å². The first-order chi connectivity index (χ1) is 7.41. The van der Waals surface area contributed by atoms with Crippen molar-refractivity contribution in [2.24, 2.45) is 0 Å². The second kappa shape index (κ2) is 5.34. The van der Waals surface area contributed by atoms with Gasteiger partial charge in [0.1, 0.15) is 5.75 Å². The molecule has 88 valence electrons. The van der Waals surface area contributed by atoms with Gasteiger partial charge in [-0.1, -0.05) is 19.9 Å². The molecule has 1 rings (SSSR count). The summed E-state index contributed by atoms with van der Waals surface area (Å²) in [6, 6.07) is 3.73. The molecule has 0 aliphatic heterocycles. The van der Waals surface area contributed by atoms with Gasteiger partial charge in [0.05, 0.1) is 4.47 Å². The zero-order valence-corrected chi connectivity index (χ0v) is 10.9. The summed E-state index contributed by atoms with van der Waals surface area (Å²) in [6.45, 7) is 4.11. The number of aromatic hydroxyl groups is 1. The summed E-state index contributed by atoms with van der Waals surface area (Å²) in [7, 11) is 0. The summed E-state index contributed by atoms with van der Waals surface area (Å²) < 4.78 is 0.624. The van der Waals surface area contributed by atoms with E-state index in [9.17, 15) is 9.90 Å². The number of phenolic OH excluding ortho intramolecular Hbond substituents is 1. The van der Waals surface area contributed by atoms with E-state index < -0.39 is 5.97 Å². The Kier molecular flexibility index (Phi) is 4.35. The van der Waals surface area contributed by atoms with Crippen LogP contribution in [0.5, 0.6) is 5.75 Å². The number of benzene rings is 1. The summed E-state index contributed by atoms with van der Waals surface area (Å²) in [5, 5.41) is 18.4. The minimum Gasteiger partial charge on any atom is -0.506 e. The first-order valence-corrected chi connectivity index (χ1v) is 5.94. The first kappa shape index (κ1) is 13.0. The van der Waals surface area contributed by atoms with Crippen LogP contribution >= 0.6 is 15.9 Å². The maximum absolute atomic E-state index is 10.5. The van der Waals surface area contributed by atoms with E-state index in [-0.39, 0.29) is 12.2 Å². The molecule has 3 nitrogen and oxygen atoms in total. The van der Waals surface area contributed by atoms with Crippen LogP contribution in [-0.4, -0.2) is 16.2 Å². The Balaban J connectivity index is 3.01. The zero-order chi connectivity index (χ0) is 12.3. The van der Waals surface area contributed by atoms with Gasteiger partial charge in [0.2, 0.25) is 0 Å². The fraction of sp³-hybridized carbons (Fsp3) is 0.417. The van der Waals surface area contributed by atoms with Crippen LogP contribution in [0.3, 0.4) is 0 Å². The zero-order valence-electron chi connectivity index (χ0n) is 9.33. The van der Waals surface area contributed by atoms with Crippen molar-refractivity contribution in [3.63, 3.8) is 0 Å². The number of hydrogen-bond acceptors (Lipinski definition) is 2. The van der Waals surface area contributed by atoms with E-state index in [2.05, 4.69) is 29.8 Å². The molecule has 2 N–H and O–H groups in total. The molecule has 0 aliphatic carbocycles. The highest BCUT2D eigenvalue weighted by Gasteiger charge is 2.11. The first-order valence-electron chi connectivity index (χ1n) is 5.15. The Hall–Kier alpha value is -1.03. The third kappa shape index (κ3) is 3.23. The van der Waals surface area contributed by atoms with Crippen LogP contribution in [0.4, 0.5) is 0 Å². The molecule has 0 spiro atoms. The Morgan fingerprint density at radius 1 is 1.44 bits per heavy atom. The van der Waals surface area contributed by atoms with E-state index >= 15 is 0 Å². The molecule has 0 heterocycles. The quantitative estimate of drug-likeness (QED) is 0.893. The van der Waals surface area contributed by atoms with Gasteiger partial charge >= 0.3 is 5.97 Å². The van der Waals surface area contributed by atoms with Crippen LogP contribution < -0.4 is 0 Å². The molecule has 0 aliphatic rings. The average Bonchev–Trinajstić information content (AvgIpc) is 2.19. The molecule has 16 heavy (non-hydrogen) atoms. The number of aryl methyl sites for hydroxylation is 1. The van der Waals surface area contributed by atoms with Crippen molar-refractivity contribution in [1.29, 1.82) is 0 Å². The number of phenols is 1. The van der Waals surface area contributed by atoms with Crippen molar-refractivity contribution in [2.75, 3.05) is 0 Å². The predicted octanol–water partition coefficient (Wildman–Crippen LogP) is 3.30. The Bertz CT molecular complexity index is 399. The van der Waals surface area contributed by atoms with Crippen LogP contribution in [0.2, 0.25) is 0 Å². The van der Waals surface area contributed by atoms with Gasteiger partial charge in [-0.05, 0) is 45.5 Å². The predicted molar refractivity (Wildman–Crippen MR) is 65.9 cm³/mol. The summed E-state index contributed by atoms with van der Waals surface area (Å²) in [4.78, 5) is 10.5. The van der Waals surface area contributed by atoms with Gasteiger partial charge < -0.3 is 10.2 Å². The summed E-state index contributed by atoms with van der Waals surface area (Å²) in [6.07, 6.45) is 0.377. The molecular weight excluding hydrogens is 272 g/mol. The number of halogens is 1. The molecule has 0 saturated heterocycles. The van der Waals surface area contributed by atoms with Crippen molar-refractivity contribution in [2.45, 2.75) is 32.6 Å². The Morgan fingerprint density at radius 2 is 2.06 bits per heavy atom. The molecule has 0 radical (unpaired) electrons. The van der Waals surface area contributed by atoms with Gasteiger partial charge in [0.15, 0.2) is 0 Å². The van der Waals surface area contributed by atoms with Gasteiger partial charge in [-0.15, -0.1) is 0 Å². The highest BCUT2D eigenvalue weighted by Crippen LogP contribution is 2.32. The van der Waals surface area contributed by atoms with E-state index in [1.54, 1.807) is 0 Å². The topological polar surface area (TPSA) is 57.5 Å². The minimum atomic E-state index is -0.856. The standard InChI is InChI=1S/C12H15BrO3/c1-7(2)9-5-8(3-4-11(14)15)12(16)10(13)6-9/h5-7,16H,3-4H2,1-2H3,(H,14,15). The lowest BCUT2D eigenvalue weighted by Gasteiger charge is -2.11. The van der Waals surface area contributed by atoms with Crippen LogP contribution in [0.15, 0.2) is 16.6 Å². The van der Waals surface area contributed by atoms with Gasteiger partial charge in [0.25, 0.3) is 0 Å². The van der Waals surface area contributed by atoms with Gasteiger partial charge in [-0.25, -0.2) is 0 Å². The summed E-state index contributed by atoms with van der Waals surface area (Å²) in [5.74, 6) is -0.364. The molecule has 4 heteroatoms. The Labute approximate surface area is 103 Å². The van der Waals surface area contributed by atoms with E-state index in [0.29, 0.717) is 22.4 Å². The van der Waals surface area contributed by atoms with Crippen LogP contribution in [0, 0.1) is 0 Å². The second-order valence-electron chi connectivity index (χ2n) is 4.06. The van der Waals surface area contributed by atoms with Crippen molar-refractivity contribution in [3.05, 3.63) is 27.7 Å². The van der Waals surface area contributed by atoms with Crippen molar-refractivity contribution >= 4 is 21.9 Å². The van der Waals surface area contributed by atoms with Crippen molar-refractivity contribution < 1.29 is 15.0 Å². The third-order valence-electron chi connectivity index (χ3n) is 2.44. The van der Waals surface area contributed by atoms with Gasteiger partial charge in [-0.3, -0.25) is 4.79 Å². The molecule has 0 bridgehead atoms. The number of carboxylic acid groups (broad SMARTS) is 1. The SMILES string of the molecule is CC(C)c1cc(Br)c(O)c(CCC(=O)O)c1. The number of carbonyl (C=O) groups is 1. The van der Waals surface area contributed by atoms with Gasteiger partial charge in [-0.2, -0.15) is 0 Å². The third-order valence-corrected chi connectivity index (χ3v) is 3.04. The molecule has 0 aromatic heterocycles. The van der Waals surface area contributed by atoms with Crippen LogP contribution in [-0.2, 0) is 11.2 Å². The second-order valence-corrected chi connectivity index (χ2v) is 4.91. The number of rotatable bonds is 4. The van der Waals surface area contributed by atoms with E-state index in [0.717, 1.165) is 5.56 Å². The number of carboxylic acids is 1. The molecular formula is C12H15BrO3. The number of hydrogen-bond donors (Lipinski definition) is 2. The highest BCUT2D eigenvalue weighted by atomic mass is 79.9. The van der Waals surface area contributed by atoms with E-state index in [1.807, 2.05) is 12.1 Å². The lowest BCUT2D eigenvalue weighted by atomic mass is 9.98. The molecule has 0 fully saturated rings. The summed E-state index contributed by atoms with van der Waals surface area (Å²) >= 11 is 3.27. The molecule has 0 atom stereocenters. The summed E-state index contributed by atoms with van der Waals surface area (Å²) in [5.41, 5.74) is 1.77. The molecule has 0 unspecified atom stereocenters. The fourth-order valence-electron chi connectivity index (χ4n) is 1.44. The van der Waals surface area contributed by atoms with Crippen molar-refractivity contribution in [1.82, 2.24) is 0 Å². The van der Waals surface area contributed by atoms with E-state index in [4.69, 9.17) is 5.11 Å². The molecule has 1 aromatic carbocycles.